The van der Waals surface area contributed by atoms with Crippen LogP contribution in [0.15, 0.2) is 30.7 Å². The number of hydrogen-bond acceptors (Lipinski definition) is 5. The van der Waals surface area contributed by atoms with Gasteiger partial charge in [-0.15, -0.1) is 0 Å². The van der Waals surface area contributed by atoms with Crippen LogP contribution in [0.4, 0.5) is 0 Å². The maximum absolute atomic E-state index is 11.3. The minimum absolute atomic E-state index is 0.255. The quantitative estimate of drug-likeness (QED) is 0.790. The second kappa shape index (κ2) is 5.56. The molecule has 0 radical (unpaired) electrons. The first-order chi connectivity index (χ1) is 9.13. The molecule has 2 aromatic rings. The van der Waals surface area contributed by atoms with Crippen LogP contribution in [-0.2, 0) is 4.74 Å². The van der Waals surface area contributed by atoms with Crippen molar-refractivity contribution in [2.75, 3.05) is 7.11 Å². The molecule has 0 aromatic carbocycles. The average molecular weight is 257 g/mol. The smallest absolute Gasteiger partial charge is 0.339 e. The Labute approximate surface area is 111 Å². The summed E-state index contributed by atoms with van der Waals surface area (Å²) in [7, 11) is 1.34. The Hall–Kier alpha value is -2.30. The van der Waals surface area contributed by atoms with Crippen molar-refractivity contribution >= 4 is 5.97 Å². The molecule has 0 unspecified atom stereocenters. The van der Waals surface area contributed by atoms with Gasteiger partial charge in [-0.1, -0.05) is 13.8 Å². The maximum Gasteiger partial charge on any atom is 0.339 e. The molecular weight excluding hydrogens is 242 g/mol. The van der Waals surface area contributed by atoms with Gasteiger partial charge >= 0.3 is 5.97 Å². The van der Waals surface area contributed by atoms with Crippen LogP contribution in [0.5, 0.6) is 0 Å². The Morgan fingerprint density at radius 3 is 2.47 bits per heavy atom. The van der Waals surface area contributed by atoms with Gasteiger partial charge in [-0.25, -0.2) is 4.79 Å². The van der Waals surface area contributed by atoms with Crippen LogP contribution in [0, 0.1) is 0 Å². The average Bonchev–Trinajstić information content (AvgIpc) is 2.46. The van der Waals surface area contributed by atoms with Crippen LogP contribution in [0.25, 0.3) is 11.4 Å². The van der Waals surface area contributed by atoms with Gasteiger partial charge in [0, 0.05) is 18.6 Å². The van der Waals surface area contributed by atoms with Crippen molar-refractivity contribution < 1.29 is 9.53 Å². The number of rotatable bonds is 3. The van der Waals surface area contributed by atoms with E-state index in [4.69, 9.17) is 0 Å². The van der Waals surface area contributed by atoms with Crippen LogP contribution in [0.1, 0.15) is 35.8 Å². The summed E-state index contributed by atoms with van der Waals surface area (Å²) in [6, 6.07) is 3.43. The van der Waals surface area contributed by atoms with E-state index in [0.29, 0.717) is 11.3 Å². The minimum atomic E-state index is -0.401. The summed E-state index contributed by atoms with van der Waals surface area (Å²) >= 11 is 0. The van der Waals surface area contributed by atoms with Crippen LogP contribution in [0.3, 0.4) is 0 Å². The van der Waals surface area contributed by atoms with Crippen molar-refractivity contribution in [3.8, 4) is 11.4 Å². The third-order valence-corrected chi connectivity index (χ3v) is 2.70. The lowest BCUT2D eigenvalue weighted by Gasteiger charge is -2.09. The highest BCUT2D eigenvalue weighted by molar-refractivity contribution is 5.89. The first kappa shape index (κ1) is 13.1. The summed E-state index contributed by atoms with van der Waals surface area (Å²) in [5.41, 5.74) is 2.75. The first-order valence-corrected chi connectivity index (χ1v) is 5.99. The normalized spacial score (nSPS) is 10.5. The molecule has 0 atom stereocenters. The van der Waals surface area contributed by atoms with E-state index in [1.54, 1.807) is 24.5 Å². The van der Waals surface area contributed by atoms with Crippen LogP contribution >= 0.6 is 0 Å². The van der Waals surface area contributed by atoms with Gasteiger partial charge < -0.3 is 4.74 Å². The molecule has 2 rings (SSSR count). The molecule has 2 aromatic heterocycles. The van der Waals surface area contributed by atoms with E-state index in [0.717, 1.165) is 11.4 Å². The molecule has 0 saturated carbocycles. The fraction of sp³-hybridized carbons (Fsp3) is 0.286. The molecule has 0 saturated heterocycles. The van der Waals surface area contributed by atoms with Crippen molar-refractivity contribution in [1.82, 2.24) is 15.0 Å². The lowest BCUT2D eigenvalue weighted by molar-refractivity contribution is 0.0600. The van der Waals surface area contributed by atoms with E-state index in [1.807, 2.05) is 0 Å². The summed E-state index contributed by atoms with van der Waals surface area (Å²) in [5, 5.41) is 0. The van der Waals surface area contributed by atoms with E-state index in [2.05, 4.69) is 33.5 Å². The number of carbonyl (C=O) groups excluding carboxylic acids is 1. The van der Waals surface area contributed by atoms with Gasteiger partial charge in [0.2, 0.25) is 0 Å². The van der Waals surface area contributed by atoms with Crippen molar-refractivity contribution in [3.05, 3.63) is 42.0 Å². The molecule has 2 heterocycles. The Kier molecular flexibility index (Phi) is 3.85. The van der Waals surface area contributed by atoms with Crippen molar-refractivity contribution in [2.45, 2.75) is 19.8 Å². The van der Waals surface area contributed by atoms with Gasteiger partial charge in [-0.2, -0.15) is 0 Å². The standard InChI is InChI=1S/C14H15N3O2/c1-9(2)12-13(16-7-6-15-12)11-5-4-10(8-17-11)14(18)19-3/h4-9H,1-3H3. The Morgan fingerprint density at radius 2 is 1.89 bits per heavy atom. The number of methoxy groups -OCH3 is 1. The fourth-order valence-corrected chi connectivity index (χ4v) is 1.74. The Bertz CT molecular complexity index is 579. The zero-order valence-electron chi connectivity index (χ0n) is 11.1. The second-order valence-corrected chi connectivity index (χ2v) is 4.37. The number of hydrogen-bond donors (Lipinski definition) is 0. The van der Waals surface area contributed by atoms with E-state index >= 15 is 0 Å². The molecule has 0 bridgehead atoms. The lowest BCUT2D eigenvalue weighted by Crippen LogP contribution is -2.03. The van der Waals surface area contributed by atoms with E-state index in [1.165, 1.54) is 13.3 Å². The van der Waals surface area contributed by atoms with Crippen LogP contribution < -0.4 is 0 Å². The third-order valence-electron chi connectivity index (χ3n) is 2.70. The second-order valence-electron chi connectivity index (χ2n) is 4.37. The van der Waals surface area contributed by atoms with Crippen molar-refractivity contribution in [1.29, 1.82) is 0 Å². The molecule has 0 aliphatic rings. The highest BCUT2D eigenvalue weighted by Crippen LogP contribution is 2.23. The molecule has 5 nitrogen and oxygen atoms in total. The van der Waals surface area contributed by atoms with Gasteiger partial charge in [0.15, 0.2) is 0 Å². The molecule has 0 aliphatic carbocycles. The topological polar surface area (TPSA) is 65.0 Å². The SMILES string of the molecule is COC(=O)c1ccc(-c2nccnc2C(C)C)nc1. The van der Waals surface area contributed by atoms with Crippen LogP contribution in [-0.4, -0.2) is 28.0 Å². The van der Waals surface area contributed by atoms with Gasteiger partial charge in [-0.3, -0.25) is 15.0 Å². The van der Waals surface area contributed by atoms with E-state index < -0.39 is 5.97 Å². The number of aromatic nitrogens is 3. The molecule has 0 fully saturated rings. The monoisotopic (exact) mass is 257 g/mol. The first-order valence-electron chi connectivity index (χ1n) is 5.99. The number of nitrogens with zero attached hydrogens (tertiary/aromatic N) is 3. The van der Waals surface area contributed by atoms with Gasteiger partial charge in [0.05, 0.1) is 24.1 Å². The van der Waals surface area contributed by atoms with Crippen molar-refractivity contribution in [2.24, 2.45) is 0 Å². The number of pyridine rings is 1. The molecular formula is C14H15N3O2. The maximum atomic E-state index is 11.3. The zero-order chi connectivity index (χ0) is 13.8. The molecule has 19 heavy (non-hydrogen) atoms. The predicted molar refractivity (Wildman–Crippen MR) is 70.7 cm³/mol. The molecule has 0 amide bonds. The minimum Gasteiger partial charge on any atom is -0.465 e. The third kappa shape index (κ3) is 2.76. The molecule has 0 spiro atoms. The van der Waals surface area contributed by atoms with E-state index in [9.17, 15) is 4.79 Å². The van der Waals surface area contributed by atoms with Gasteiger partial charge in [-0.05, 0) is 18.1 Å². The van der Waals surface area contributed by atoms with Gasteiger partial charge in [0.25, 0.3) is 0 Å². The summed E-state index contributed by atoms with van der Waals surface area (Å²) in [6.45, 7) is 4.10. The summed E-state index contributed by atoms with van der Waals surface area (Å²) in [6.07, 6.45) is 4.79. The van der Waals surface area contributed by atoms with Crippen LogP contribution in [0.2, 0.25) is 0 Å². The van der Waals surface area contributed by atoms with Gasteiger partial charge in [0.1, 0.15) is 5.69 Å². The largest absolute Gasteiger partial charge is 0.465 e. The highest BCUT2D eigenvalue weighted by Gasteiger charge is 2.13. The lowest BCUT2D eigenvalue weighted by atomic mass is 10.1. The zero-order valence-corrected chi connectivity index (χ0v) is 11.1. The highest BCUT2D eigenvalue weighted by atomic mass is 16.5. The van der Waals surface area contributed by atoms with Crippen molar-refractivity contribution in [3.63, 3.8) is 0 Å². The number of ether oxygens (including phenoxy) is 1. The molecule has 0 aliphatic heterocycles. The molecule has 5 heteroatoms. The summed E-state index contributed by atoms with van der Waals surface area (Å²) in [5.74, 6) is -0.145. The summed E-state index contributed by atoms with van der Waals surface area (Å²) < 4.78 is 4.64. The van der Waals surface area contributed by atoms with E-state index in [-0.39, 0.29) is 5.92 Å². The summed E-state index contributed by atoms with van der Waals surface area (Å²) in [4.78, 5) is 24.3. The Balaban J connectivity index is 2.40. The Morgan fingerprint density at radius 1 is 1.16 bits per heavy atom. The number of carbonyl (C=O) groups is 1. The fourth-order valence-electron chi connectivity index (χ4n) is 1.74. The molecule has 98 valence electrons. The predicted octanol–water partition coefficient (Wildman–Crippen LogP) is 2.45. The molecule has 0 N–H and O–H groups in total. The number of esters is 1.